The molecule has 2 atom stereocenters. The summed E-state index contributed by atoms with van der Waals surface area (Å²) in [7, 11) is 0. The molecule has 0 rings (SSSR count). The molecule has 0 aromatic carbocycles. The highest BCUT2D eigenvalue weighted by Crippen LogP contribution is 1.96. The zero-order valence-corrected chi connectivity index (χ0v) is 8.78. The molecule has 0 saturated carbocycles. The average Bonchev–Trinajstić information content (AvgIpc) is 2.03. The molecule has 0 aliphatic carbocycles. The molecule has 0 radical (unpaired) electrons. The smallest absolute Gasteiger partial charge is 0.237 e. The molecular weight excluding hydrogens is 172 g/mol. The Morgan fingerprint density at radius 3 is 2.67 bits per heavy atom. The van der Waals surface area contributed by atoms with Gasteiger partial charge in [-0.2, -0.15) is 11.8 Å². The molecule has 0 bridgehead atoms. The summed E-state index contributed by atoms with van der Waals surface area (Å²) in [5.41, 5.74) is 5.54. The third kappa shape index (κ3) is 4.62. The maximum absolute atomic E-state index is 11.2. The molecule has 72 valence electrons. The predicted octanol–water partition coefficient (Wildman–Crippen LogP) is 0.591. The first-order valence-electron chi connectivity index (χ1n) is 4.16. The fourth-order valence-corrected chi connectivity index (χ4v) is 1.41. The Balaban J connectivity index is 3.67. The highest BCUT2D eigenvalue weighted by Gasteiger charge is 2.12. The van der Waals surface area contributed by atoms with Crippen LogP contribution >= 0.6 is 11.8 Å². The van der Waals surface area contributed by atoms with E-state index in [1.807, 2.05) is 20.1 Å². The second kappa shape index (κ2) is 6.31. The summed E-state index contributed by atoms with van der Waals surface area (Å²) in [4.78, 5) is 11.2. The quantitative estimate of drug-likeness (QED) is 0.667. The Morgan fingerprint density at radius 2 is 2.25 bits per heavy atom. The number of nitrogens with two attached hydrogens (primary N) is 1. The van der Waals surface area contributed by atoms with Gasteiger partial charge in [-0.25, -0.2) is 0 Å². The van der Waals surface area contributed by atoms with Gasteiger partial charge in [-0.15, -0.1) is 0 Å². The molecule has 0 heterocycles. The molecule has 0 aromatic heterocycles. The molecule has 3 nitrogen and oxygen atoms in total. The molecule has 1 amide bonds. The largest absolute Gasteiger partial charge is 0.351 e. The van der Waals surface area contributed by atoms with Gasteiger partial charge in [0.2, 0.25) is 5.91 Å². The van der Waals surface area contributed by atoms with Crippen LogP contribution in [-0.2, 0) is 4.79 Å². The highest BCUT2D eigenvalue weighted by molar-refractivity contribution is 7.98. The lowest BCUT2D eigenvalue weighted by molar-refractivity contribution is -0.122. The first-order valence-corrected chi connectivity index (χ1v) is 5.56. The molecule has 0 fully saturated rings. The number of nitrogens with one attached hydrogen (secondary N) is 1. The summed E-state index contributed by atoms with van der Waals surface area (Å²) in [6, 6.07) is -0.139. The van der Waals surface area contributed by atoms with E-state index in [-0.39, 0.29) is 18.0 Å². The molecule has 0 spiro atoms. The van der Waals surface area contributed by atoms with Gasteiger partial charge < -0.3 is 11.1 Å². The molecule has 0 saturated heterocycles. The van der Waals surface area contributed by atoms with E-state index in [9.17, 15) is 4.79 Å². The van der Waals surface area contributed by atoms with Gasteiger partial charge in [0.1, 0.15) is 0 Å². The van der Waals surface area contributed by atoms with Crippen molar-refractivity contribution in [1.29, 1.82) is 0 Å². The van der Waals surface area contributed by atoms with Crippen molar-refractivity contribution >= 4 is 17.7 Å². The zero-order chi connectivity index (χ0) is 9.56. The van der Waals surface area contributed by atoms with Crippen LogP contribution in [0.15, 0.2) is 0 Å². The lowest BCUT2D eigenvalue weighted by atomic mass is 10.2. The van der Waals surface area contributed by atoms with Crippen LogP contribution in [0.25, 0.3) is 0 Å². The number of amides is 1. The van der Waals surface area contributed by atoms with Gasteiger partial charge >= 0.3 is 0 Å². The van der Waals surface area contributed by atoms with Crippen molar-refractivity contribution in [3.63, 3.8) is 0 Å². The summed E-state index contributed by atoms with van der Waals surface area (Å²) in [5, 5.41) is 2.85. The Hall–Kier alpha value is -0.220. The monoisotopic (exact) mass is 190 g/mol. The van der Waals surface area contributed by atoms with Crippen LogP contribution in [0.1, 0.15) is 20.3 Å². The molecule has 3 N–H and O–H groups in total. The van der Waals surface area contributed by atoms with E-state index < -0.39 is 0 Å². The maximum atomic E-state index is 11.2. The number of hydrogen-bond acceptors (Lipinski definition) is 3. The van der Waals surface area contributed by atoms with Crippen molar-refractivity contribution in [3.05, 3.63) is 0 Å². The normalized spacial score (nSPS) is 15.3. The number of rotatable bonds is 5. The summed E-state index contributed by atoms with van der Waals surface area (Å²) in [6.45, 7) is 3.89. The van der Waals surface area contributed by atoms with Crippen molar-refractivity contribution < 1.29 is 4.79 Å². The average molecular weight is 190 g/mol. The van der Waals surface area contributed by atoms with E-state index in [0.29, 0.717) is 6.42 Å². The minimum absolute atomic E-state index is 0.0425. The standard InChI is InChI=1S/C8H18N2OS/c1-4-7(9)8(11)10-6(2)5-12-3/h6-7H,4-5,9H2,1-3H3,(H,10,11)/t6?,7-/m1/s1. The van der Waals surface area contributed by atoms with Crippen LogP contribution in [0.3, 0.4) is 0 Å². The van der Waals surface area contributed by atoms with Crippen LogP contribution < -0.4 is 11.1 Å². The summed E-state index contributed by atoms with van der Waals surface area (Å²) < 4.78 is 0. The third-order valence-electron chi connectivity index (χ3n) is 1.58. The van der Waals surface area contributed by atoms with Gasteiger partial charge in [0.25, 0.3) is 0 Å². The second-order valence-corrected chi connectivity index (χ2v) is 3.79. The van der Waals surface area contributed by atoms with Crippen molar-refractivity contribution in [2.24, 2.45) is 5.73 Å². The minimum Gasteiger partial charge on any atom is -0.351 e. The molecule has 4 heteroatoms. The van der Waals surface area contributed by atoms with Crippen molar-refractivity contribution in [2.75, 3.05) is 12.0 Å². The Labute approximate surface area is 78.5 Å². The van der Waals surface area contributed by atoms with E-state index in [0.717, 1.165) is 5.75 Å². The second-order valence-electron chi connectivity index (χ2n) is 2.88. The minimum atomic E-state index is -0.352. The fourth-order valence-electron chi connectivity index (χ4n) is 0.827. The first kappa shape index (κ1) is 11.8. The first-order chi connectivity index (χ1) is 5.61. The van der Waals surface area contributed by atoms with Crippen LogP contribution in [0.2, 0.25) is 0 Å². The number of thioether (sulfide) groups is 1. The highest BCUT2D eigenvalue weighted by atomic mass is 32.2. The summed E-state index contributed by atoms with van der Waals surface area (Å²) >= 11 is 1.72. The molecule has 0 aromatic rings. The molecular formula is C8H18N2OS. The fraction of sp³-hybridized carbons (Fsp3) is 0.875. The van der Waals surface area contributed by atoms with Gasteiger partial charge in [0.15, 0.2) is 0 Å². The van der Waals surface area contributed by atoms with Gasteiger partial charge in [-0.05, 0) is 19.6 Å². The number of hydrogen-bond donors (Lipinski definition) is 2. The van der Waals surface area contributed by atoms with Crippen molar-refractivity contribution in [1.82, 2.24) is 5.32 Å². The van der Waals surface area contributed by atoms with E-state index >= 15 is 0 Å². The van der Waals surface area contributed by atoms with Crippen LogP contribution in [0, 0.1) is 0 Å². The van der Waals surface area contributed by atoms with Gasteiger partial charge in [-0.1, -0.05) is 6.92 Å². The Morgan fingerprint density at radius 1 is 1.67 bits per heavy atom. The third-order valence-corrected chi connectivity index (χ3v) is 2.42. The van der Waals surface area contributed by atoms with Crippen LogP contribution in [-0.4, -0.2) is 30.0 Å². The SMILES string of the molecule is CC[C@@H](N)C(=O)NC(C)CSC. The van der Waals surface area contributed by atoms with Crippen LogP contribution in [0.5, 0.6) is 0 Å². The lowest BCUT2D eigenvalue weighted by Crippen LogP contribution is -2.44. The van der Waals surface area contributed by atoms with E-state index in [2.05, 4.69) is 5.32 Å². The Bertz CT molecular complexity index is 141. The summed E-state index contributed by atoms with van der Waals surface area (Å²) in [5.74, 6) is 0.890. The Kier molecular flexibility index (Phi) is 6.20. The summed E-state index contributed by atoms with van der Waals surface area (Å²) in [6.07, 6.45) is 2.71. The van der Waals surface area contributed by atoms with E-state index in [1.54, 1.807) is 11.8 Å². The maximum Gasteiger partial charge on any atom is 0.237 e. The molecule has 12 heavy (non-hydrogen) atoms. The van der Waals surface area contributed by atoms with Crippen LogP contribution in [0.4, 0.5) is 0 Å². The predicted molar refractivity (Wildman–Crippen MR) is 54.3 cm³/mol. The number of carbonyl (C=O) groups is 1. The topological polar surface area (TPSA) is 55.1 Å². The van der Waals surface area contributed by atoms with Gasteiger partial charge in [-0.3, -0.25) is 4.79 Å². The zero-order valence-electron chi connectivity index (χ0n) is 7.96. The van der Waals surface area contributed by atoms with Gasteiger partial charge in [0, 0.05) is 11.8 Å². The van der Waals surface area contributed by atoms with E-state index in [1.165, 1.54) is 0 Å². The number of carbonyl (C=O) groups excluding carboxylic acids is 1. The molecule has 0 aliphatic rings. The van der Waals surface area contributed by atoms with Crippen molar-refractivity contribution in [2.45, 2.75) is 32.4 Å². The lowest BCUT2D eigenvalue weighted by Gasteiger charge is -2.15. The molecule has 1 unspecified atom stereocenters. The molecule has 0 aliphatic heterocycles. The van der Waals surface area contributed by atoms with Gasteiger partial charge in [0.05, 0.1) is 6.04 Å². The van der Waals surface area contributed by atoms with E-state index in [4.69, 9.17) is 5.73 Å². The van der Waals surface area contributed by atoms with Crippen molar-refractivity contribution in [3.8, 4) is 0 Å².